The molecule has 0 atom stereocenters. The summed E-state index contributed by atoms with van der Waals surface area (Å²) >= 11 is 0. The van der Waals surface area contributed by atoms with E-state index in [1.807, 2.05) is 13.0 Å². The number of aromatic nitrogens is 3. The molecule has 0 bridgehead atoms. The van der Waals surface area contributed by atoms with Crippen molar-refractivity contribution >= 4 is 11.2 Å². The third-order valence-electron chi connectivity index (χ3n) is 3.06. The molecule has 0 aliphatic rings. The number of fused-ring (bicyclic) bond motifs is 1. The minimum atomic E-state index is 0.121. The Morgan fingerprint density at radius 2 is 2.11 bits per heavy atom. The molecule has 19 heavy (non-hydrogen) atoms. The predicted octanol–water partition coefficient (Wildman–Crippen LogP) is 2.65. The zero-order chi connectivity index (χ0) is 13.4. The monoisotopic (exact) mass is 255 g/mol. The number of ether oxygens (including phenoxy) is 1. The number of hydrogen-bond donors (Lipinski definition) is 2. The number of phenols is 1. The van der Waals surface area contributed by atoms with Crippen LogP contribution in [0.3, 0.4) is 0 Å². The van der Waals surface area contributed by atoms with Crippen molar-refractivity contribution in [1.82, 2.24) is 15.0 Å². The molecule has 3 rings (SSSR count). The molecule has 0 fully saturated rings. The number of aromatic hydroxyl groups is 1. The molecule has 0 saturated heterocycles. The second-order valence-electron chi connectivity index (χ2n) is 4.29. The molecule has 2 N–H and O–H groups in total. The molecule has 96 valence electrons. The highest BCUT2D eigenvalue weighted by molar-refractivity contribution is 5.80. The average Bonchev–Trinajstić information content (AvgIpc) is 2.83. The lowest BCUT2D eigenvalue weighted by molar-refractivity contribution is 0.408. The van der Waals surface area contributed by atoms with Crippen LogP contribution < -0.4 is 4.74 Å². The van der Waals surface area contributed by atoms with Crippen LogP contribution in [0.1, 0.15) is 5.56 Å². The summed E-state index contributed by atoms with van der Waals surface area (Å²) in [5.74, 6) is 1.32. The lowest BCUT2D eigenvalue weighted by atomic mass is 10.2. The van der Waals surface area contributed by atoms with E-state index >= 15 is 0 Å². The second-order valence-corrected chi connectivity index (χ2v) is 4.29. The van der Waals surface area contributed by atoms with Gasteiger partial charge in [-0.1, -0.05) is 0 Å². The van der Waals surface area contributed by atoms with E-state index in [4.69, 9.17) is 4.74 Å². The van der Waals surface area contributed by atoms with Gasteiger partial charge in [-0.25, -0.2) is 9.97 Å². The number of nitrogens with zero attached hydrogens (tertiary/aromatic N) is 2. The molecular formula is C14H13N3O2. The van der Waals surface area contributed by atoms with Crippen LogP contribution in [0.25, 0.3) is 22.6 Å². The maximum absolute atomic E-state index is 10.0. The lowest BCUT2D eigenvalue weighted by Crippen LogP contribution is -1.85. The summed E-state index contributed by atoms with van der Waals surface area (Å²) in [6, 6.07) is 7.02. The highest BCUT2D eigenvalue weighted by atomic mass is 16.5. The zero-order valence-corrected chi connectivity index (χ0v) is 10.6. The van der Waals surface area contributed by atoms with E-state index in [9.17, 15) is 5.11 Å². The van der Waals surface area contributed by atoms with Gasteiger partial charge in [-0.3, -0.25) is 0 Å². The maximum Gasteiger partial charge on any atom is 0.178 e. The van der Waals surface area contributed by atoms with E-state index in [-0.39, 0.29) is 5.75 Å². The van der Waals surface area contributed by atoms with E-state index < -0.39 is 0 Å². The first-order valence-electron chi connectivity index (χ1n) is 5.88. The Labute approximate surface area is 109 Å². The van der Waals surface area contributed by atoms with Crippen molar-refractivity contribution in [3.63, 3.8) is 0 Å². The first-order valence-corrected chi connectivity index (χ1v) is 5.88. The fourth-order valence-corrected chi connectivity index (χ4v) is 2.00. The molecule has 1 aromatic carbocycles. The zero-order valence-electron chi connectivity index (χ0n) is 10.6. The van der Waals surface area contributed by atoms with Crippen molar-refractivity contribution in [2.75, 3.05) is 7.11 Å². The minimum absolute atomic E-state index is 0.121. The Morgan fingerprint density at radius 3 is 2.79 bits per heavy atom. The average molecular weight is 255 g/mol. The summed E-state index contributed by atoms with van der Waals surface area (Å²) in [5.41, 5.74) is 3.22. The molecule has 0 amide bonds. The number of pyridine rings is 1. The number of rotatable bonds is 2. The molecule has 2 aromatic heterocycles. The van der Waals surface area contributed by atoms with Gasteiger partial charge < -0.3 is 14.8 Å². The van der Waals surface area contributed by atoms with Crippen molar-refractivity contribution < 1.29 is 9.84 Å². The molecule has 3 aromatic rings. The molecule has 0 spiro atoms. The van der Waals surface area contributed by atoms with E-state index in [2.05, 4.69) is 15.0 Å². The van der Waals surface area contributed by atoms with Crippen LogP contribution in [0.15, 0.2) is 30.5 Å². The van der Waals surface area contributed by atoms with Crippen molar-refractivity contribution in [2.45, 2.75) is 6.92 Å². The van der Waals surface area contributed by atoms with Crippen LogP contribution >= 0.6 is 0 Å². The number of benzene rings is 1. The van der Waals surface area contributed by atoms with Crippen LogP contribution in [-0.2, 0) is 0 Å². The molecule has 0 aliphatic carbocycles. The largest absolute Gasteiger partial charge is 0.507 e. The summed E-state index contributed by atoms with van der Waals surface area (Å²) < 4.78 is 5.06. The van der Waals surface area contributed by atoms with E-state index in [0.29, 0.717) is 22.8 Å². The summed E-state index contributed by atoms with van der Waals surface area (Å²) in [5, 5.41) is 10.0. The van der Waals surface area contributed by atoms with Gasteiger partial charge in [0.25, 0.3) is 0 Å². The van der Waals surface area contributed by atoms with Crippen molar-refractivity contribution in [1.29, 1.82) is 0 Å². The predicted molar refractivity (Wildman–Crippen MR) is 72.3 cm³/mol. The van der Waals surface area contributed by atoms with Gasteiger partial charge in [-0.2, -0.15) is 0 Å². The molecule has 2 heterocycles. The molecule has 5 nitrogen and oxygen atoms in total. The molecule has 0 unspecified atom stereocenters. The van der Waals surface area contributed by atoms with Crippen molar-refractivity contribution in [2.24, 2.45) is 0 Å². The van der Waals surface area contributed by atoms with Gasteiger partial charge >= 0.3 is 0 Å². The smallest absolute Gasteiger partial charge is 0.178 e. The quantitative estimate of drug-likeness (QED) is 0.738. The molecule has 5 heteroatoms. The SMILES string of the molecule is COc1ccc(-c2nc3nccc(C)c3[nH]2)c(O)c1. The number of imidazole rings is 1. The lowest BCUT2D eigenvalue weighted by Gasteiger charge is -2.04. The minimum Gasteiger partial charge on any atom is -0.507 e. The first-order chi connectivity index (χ1) is 9.19. The standard InChI is InChI=1S/C14H13N3O2/c1-8-5-6-15-14-12(8)16-13(17-14)10-4-3-9(19-2)7-11(10)18/h3-7,18H,1-2H3,(H,15,16,17). The fourth-order valence-electron chi connectivity index (χ4n) is 2.00. The van der Waals surface area contributed by atoms with E-state index in [0.717, 1.165) is 11.1 Å². The fraction of sp³-hybridized carbons (Fsp3) is 0.143. The molecule has 0 saturated carbocycles. The number of aromatic amines is 1. The number of phenolic OH excluding ortho intramolecular Hbond substituents is 1. The summed E-state index contributed by atoms with van der Waals surface area (Å²) in [6.07, 6.45) is 1.72. The Kier molecular flexibility index (Phi) is 2.59. The van der Waals surface area contributed by atoms with Crippen LogP contribution in [0.5, 0.6) is 11.5 Å². The Morgan fingerprint density at radius 1 is 1.26 bits per heavy atom. The van der Waals surface area contributed by atoms with Gasteiger partial charge in [0.2, 0.25) is 0 Å². The van der Waals surface area contributed by atoms with Gasteiger partial charge in [0.05, 0.1) is 18.2 Å². The van der Waals surface area contributed by atoms with Crippen LogP contribution in [0, 0.1) is 6.92 Å². The highest BCUT2D eigenvalue weighted by Gasteiger charge is 2.12. The van der Waals surface area contributed by atoms with Gasteiger partial charge in [-0.05, 0) is 30.7 Å². The van der Waals surface area contributed by atoms with Gasteiger partial charge in [0.1, 0.15) is 17.3 Å². The molecular weight excluding hydrogens is 242 g/mol. The summed E-state index contributed by atoms with van der Waals surface area (Å²) in [6.45, 7) is 1.99. The van der Waals surface area contributed by atoms with Crippen molar-refractivity contribution in [3.8, 4) is 22.9 Å². The molecule has 0 radical (unpaired) electrons. The third-order valence-corrected chi connectivity index (χ3v) is 3.06. The first kappa shape index (κ1) is 11.5. The number of methoxy groups -OCH3 is 1. The van der Waals surface area contributed by atoms with Crippen LogP contribution in [0.4, 0.5) is 0 Å². The highest BCUT2D eigenvalue weighted by Crippen LogP contribution is 2.31. The number of hydrogen-bond acceptors (Lipinski definition) is 4. The van der Waals surface area contributed by atoms with Gasteiger partial charge in [-0.15, -0.1) is 0 Å². The Hall–Kier alpha value is -2.56. The van der Waals surface area contributed by atoms with Crippen LogP contribution in [0.2, 0.25) is 0 Å². The second kappa shape index (κ2) is 4.28. The number of nitrogens with one attached hydrogen (secondary N) is 1. The number of aryl methyl sites for hydroxylation is 1. The number of H-pyrrole nitrogens is 1. The summed E-state index contributed by atoms with van der Waals surface area (Å²) in [4.78, 5) is 11.8. The normalized spacial score (nSPS) is 10.8. The third kappa shape index (κ3) is 1.89. The van der Waals surface area contributed by atoms with Crippen molar-refractivity contribution in [3.05, 3.63) is 36.0 Å². The Bertz CT molecular complexity index is 750. The van der Waals surface area contributed by atoms with E-state index in [1.165, 1.54) is 0 Å². The molecule has 0 aliphatic heterocycles. The Balaban J connectivity index is 2.16. The van der Waals surface area contributed by atoms with Crippen LogP contribution in [-0.4, -0.2) is 27.2 Å². The topological polar surface area (TPSA) is 71.0 Å². The van der Waals surface area contributed by atoms with Gasteiger partial charge in [0, 0.05) is 12.3 Å². The summed E-state index contributed by atoms with van der Waals surface area (Å²) in [7, 11) is 1.56. The van der Waals surface area contributed by atoms with E-state index in [1.54, 1.807) is 31.5 Å². The van der Waals surface area contributed by atoms with Gasteiger partial charge in [0.15, 0.2) is 5.65 Å². The maximum atomic E-state index is 10.0.